The number of nitrogens with one attached hydrogen (secondary N) is 1. The van der Waals surface area contributed by atoms with Gasteiger partial charge in [-0.05, 0) is 58.6 Å². The number of hydrogen-bond donors (Lipinski definition) is 1. The van der Waals surface area contributed by atoms with Crippen LogP contribution in [0.15, 0.2) is 30.3 Å². The molecule has 1 aromatic carbocycles. The molecule has 1 N–H and O–H groups in total. The van der Waals surface area contributed by atoms with Gasteiger partial charge in [0, 0.05) is 36.6 Å². The third kappa shape index (κ3) is 8.67. The van der Waals surface area contributed by atoms with Crippen LogP contribution in [0.1, 0.15) is 67.2 Å². The predicted molar refractivity (Wildman–Crippen MR) is 113 cm³/mol. The second kappa shape index (κ2) is 12.5. The number of benzene rings is 1. The van der Waals surface area contributed by atoms with Crippen molar-refractivity contribution in [1.29, 1.82) is 0 Å². The Morgan fingerprint density at radius 2 is 1.27 bits per heavy atom. The van der Waals surface area contributed by atoms with E-state index in [4.69, 9.17) is 13.3 Å². The van der Waals surface area contributed by atoms with E-state index in [0.717, 1.165) is 44.0 Å². The fourth-order valence-corrected chi connectivity index (χ4v) is 5.99. The highest BCUT2D eigenvalue weighted by molar-refractivity contribution is 6.60. The van der Waals surface area contributed by atoms with Crippen molar-refractivity contribution in [2.24, 2.45) is 0 Å². The molecule has 0 aliphatic heterocycles. The Balaban J connectivity index is 2.76. The fraction of sp³-hybridized carbons (Fsp3) is 0.714. The zero-order chi connectivity index (χ0) is 19.4. The third-order valence-corrected chi connectivity index (χ3v) is 7.88. The summed E-state index contributed by atoms with van der Waals surface area (Å²) in [6.07, 6.45) is 4.30. The first kappa shape index (κ1) is 23.2. The van der Waals surface area contributed by atoms with Crippen molar-refractivity contribution in [3.05, 3.63) is 30.3 Å². The number of para-hydroxylation sites is 1. The summed E-state index contributed by atoms with van der Waals surface area (Å²) >= 11 is 0. The molecule has 0 saturated heterocycles. The molecule has 0 spiro atoms. The van der Waals surface area contributed by atoms with Crippen LogP contribution in [0.5, 0.6) is 0 Å². The largest absolute Gasteiger partial charge is 0.501 e. The Morgan fingerprint density at radius 1 is 0.808 bits per heavy atom. The maximum Gasteiger partial charge on any atom is 0.501 e. The molecule has 26 heavy (non-hydrogen) atoms. The molecule has 0 bridgehead atoms. The van der Waals surface area contributed by atoms with Gasteiger partial charge in [0.25, 0.3) is 0 Å². The molecule has 0 amide bonds. The van der Waals surface area contributed by atoms with Gasteiger partial charge in [-0.1, -0.05) is 39.0 Å². The van der Waals surface area contributed by atoms with Crippen molar-refractivity contribution in [2.75, 3.05) is 11.9 Å². The van der Waals surface area contributed by atoms with E-state index < -0.39 is 8.80 Å². The molecule has 1 rings (SSSR count). The standard InChI is InChI=1S/C21H39NO3Si/c1-7-18(4)23-26(24-19(5)8-2,25-20(6)9-3)17-13-16-22-21-14-11-10-12-15-21/h10-12,14-15,18-20,22H,7-9,13,16-17H2,1-6H3. The van der Waals surface area contributed by atoms with Crippen molar-refractivity contribution < 1.29 is 13.3 Å². The highest BCUT2D eigenvalue weighted by Crippen LogP contribution is 2.26. The van der Waals surface area contributed by atoms with Crippen LogP contribution in [0.25, 0.3) is 0 Å². The lowest BCUT2D eigenvalue weighted by atomic mass is 10.3. The van der Waals surface area contributed by atoms with Crippen LogP contribution in [0.4, 0.5) is 5.69 Å². The number of rotatable bonds is 14. The monoisotopic (exact) mass is 381 g/mol. The Morgan fingerprint density at radius 3 is 1.69 bits per heavy atom. The first-order chi connectivity index (χ1) is 12.4. The summed E-state index contributed by atoms with van der Waals surface area (Å²) in [6, 6.07) is 11.1. The predicted octanol–water partition coefficient (Wildman–Crippen LogP) is 5.87. The van der Waals surface area contributed by atoms with E-state index in [1.807, 2.05) is 18.2 Å². The van der Waals surface area contributed by atoms with Gasteiger partial charge in [0.2, 0.25) is 0 Å². The number of hydrogen-bond acceptors (Lipinski definition) is 4. The topological polar surface area (TPSA) is 39.7 Å². The van der Waals surface area contributed by atoms with E-state index in [-0.39, 0.29) is 18.3 Å². The van der Waals surface area contributed by atoms with E-state index in [0.29, 0.717) is 0 Å². The van der Waals surface area contributed by atoms with E-state index in [1.54, 1.807) is 0 Å². The minimum atomic E-state index is -2.73. The van der Waals surface area contributed by atoms with Gasteiger partial charge in [-0.2, -0.15) is 0 Å². The lowest BCUT2D eigenvalue weighted by molar-refractivity contribution is -0.0109. The molecule has 3 unspecified atom stereocenters. The molecule has 0 heterocycles. The van der Waals surface area contributed by atoms with Crippen LogP contribution in [-0.2, 0) is 13.3 Å². The van der Waals surface area contributed by atoms with Gasteiger partial charge in [-0.3, -0.25) is 0 Å². The lowest BCUT2D eigenvalue weighted by Gasteiger charge is -2.36. The van der Waals surface area contributed by atoms with Gasteiger partial charge in [0.05, 0.1) is 0 Å². The molecular formula is C21H39NO3Si. The maximum atomic E-state index is 6.45. The molecule has 0 aliphatic carbocycles. The summed E-state index contributed by atoms with van der Waals surface area (Å²) in [4.78, 5) is 0. The first-order valence-electron chi connectivity index (χ1n) is 10.3. The molecule has 5 heteroatoms. The molecule has 150 valence electrons. The van der Waals surface area contributed by atoms with Gasteiger partial charge in [-0.25, -0.2) is 0 Å². The Bertz CT molecular complexity index is 440. The molecule has 4 nitrogen and oxygen atoms in total. The Hall–Kier alpha value is -0.883. The summed E-state index contributed by atoms with van der Waals surface area (Å²) in [6.45, 7) is 13.7. The zero-order valence-corrected chi connectivity index (χ0v) is 18.6. The van der Waals surface area contributed by atoms with Crippen LogP contribution in [0.3, 0.4) is 0 Å². The Kier molecular flexibility index (Phi) is 11.1. The summed E-state index contributed by atoms with van der Waals surface area (Å²) in [5.41, 5.74) is 1.15. The van der Waals surface area contributed by atoms with Gasteiger partial charge in [0.1, 0.15) is 0 Å². The molecule has 1 aromatic rings. The molecule has 0 aromatic heterocycles. The summed E-state index contributed by atoms with van der Waals surface area (Å²) in [5, 5.41) is 3.47. The van der Waals surface area contributed by atoms with Crippen LogP contribution in [0, 0.1) is 0 Å². The van der Waals surface area contributed by atoms with E-state index in [2.05, 4.69) is 59.0 Å². The van der Waals surface area contributed by atoms with Crippen LogP contribution in [-0.4, -0.2) is 33.7 Å². The molecular weight excluding hydrogens is 342 g/mol. The molecule has 0 fully saturated rings. The quantitative estimate of drug-likeness (QED) is 0.323. The maximum absolute atomic E-state index is 6.45. The normalized spacial score (nSPS) is 17.3. The summed E-state index contributed by atoms with van der Waals surface area (Å²) in [7, 11) is -2.73. The SMILES string of the molecule is CCC(C)O[Si](CCCNc1ccccc1)(OC(C)CC)OC(C)CC. The average Bonchev–Trinajstić information content (AvgIpc) is 2.65. The van der Waals surface area contributed by atoms with Crippen molar-refractivity contribution >= 4 is 14.5 Å². The smallest absolute Gasteiger partial charge is 0.385 e. The van der Waals surface area contributed by atoms with Crippen molar-refractivity contribution in [3.63, 3.8) is 0 Å². The van der Waals surface area contributed by atoms with Crippen LogP contribution < -0.4 is 5.32 Å². The van der Waals surface area contributed by atoms with E-state index in [9.17, 15) is 0 Å². The van der Waals surface area contributed by atoms with Gasteiger partial charge < -0.3 is 18.6 Å². The van der Waals surface area contributed by atoms with E-state index >= 15 is 0 Å². The van der Waals surface area contributed by atoms with Crippen molar-refractivity contribution in [2.45, 2.75) is 91.6 Å². The minimum Gasteiger partial charge on any atom is -0.385 e. The van der Waals surface area contributed by atoms with Crippen LogP contribution >= 0.6 is 0 Å². The van der Waals surface area contributed by atoms with Gasteiger partial charge >= 0.3 is 8.80 Å². The van der Waals surface area contributed by atoms with Crippen molar-refractivity contribution in [3.8, 4) is 0 Å². The minimum absolute atomic E-state index is 0.150. The van der Waals surface area contributed by atoms with Crippen LogP contribution in [0.2, 0.25) is 6.04 Å². The Labute approximate surface area is 162 Å². The highest BCUT2D eigenvalue weighted by atomic mass is 28.4. The second-order valence-corrected chi connectivity index (χ2v) is 9.66. The number of anilines is 1. The lowest BCUT2D eigenvalue weighted by Crippen LogP contribution is -2.51. The average molecular weight is 382 g/mol. The van der Waals surface area contributed by atoms with Gasteiger partial charge in [-0.15, -0.1) is 0 Å². The van der Waals surface area contributed by atoms with E-state index in [1.165, 1.54) is 0 Å². The first-order valence-corrected chi connectivity index (χ1v) is 12.2. The van der Waals surface area contributed by atoms with Crippen molar-refractivity contribution in [1.82, 2.24) is 0 Å². The molecule has 0 saturated carbocycles. The molecule has 0 aliphatic rings. The second-order valence-electron chi connectivity index (χ2n) is 7.09. The highest BCUT2D eigenvalue weighted by Gasteiger charge is 2.44. The molecule has 0 radical (unpaired) electrons. The molecule has 3 atom stereocenters. The van der Waals surface area contributed by atoms with Gasteiger partial charge in [0.15, 0.2) is 0 Å². The fourth-order valence-electron chi connectivity index (χ4n) is 2.52. The third-order valence-electron chi connectivity index (χ3n) is 4.63. The summed E-state index contributed by atoms with van der Waals surface area (Å²) in [5.74, 6) is 0. The zero-order valence-electron chi connectivity index (χ0n) is 17.6. The summed E-state index contributed by atoms with van der Waals surface area (Å²) < 4.78 is 19.4.